The number of benzene rings is 2. The SMILES string of the molecule is N#C[C@H]1[C@@H]2C(=O)N(c3ccc4c(c3)OCCO4)C(=O)[C@@H]2[C@H]2c3ccccc3C=C[NH+]21. The summed E-state index contributed by atoms with van der Waals surface area (Å²) < 4.78 is 11.2. The molecule has 0 aliphatic carbocycles. The average Bonchev–Trinajstić information content (AvgIpc) is 3.25. The molecule has 0 spiro atoms. The van der Waals surface area contributed by atoms with Crippen molar-refractivity contribution < 1.29 is 24.0 Å². The molecule has 1 N–H and O–H groups in total. The van der Waals surface area contributed by atoms with Gasteiger partial charge in [-0.2, -0.15) is 5.26 Å². The highest BCUT2D eigenvalue weighted by Crippen LogP contribution is 2.45. The Labute approximate surface area is 172 Å². The Morgan fingerprint density at radius 2 is 1.77 bits per heavy atom. The molecule has 2 amide bonds. The third-order valence-corrected chi connectivity index (χ3v) is 6.54. The van der Waals surface area contributed by atoms with Crippen molar-refractivity contribution in [3.63, 3.8) is 0 Å². The molecule has 4 aliphatic heterocycles. The number of quaternary nitrogens is 1. The molecule has 5 atom stereocenters. The van der Waals surface area contributed by atoms with Gasteiger partial charge in [-0.05, 0) is 23.8 Å². The van der Waals surface area contributed by atoms with E-state index in [0.29, 0.717) is 30.4 Å². The minimum absolute atomic E-state index is 0.250. The summed E-state index contributed by atoms with van der Waals surface area (Å²) in [5, 5.41) is 9.90. The van der Waals surface area contributed by atoms with Crippen LogP contribution in [0.15, 0.2) is 48.7 Å². The summed E-state index contributed by atoms with van der Waals surface area (Å²) in [4.78, 5) is 29.1. The minimum Gasteiger partial charge on any atom is -0.486 e. The molecule has 4 aliphatic rings. The monoisotopic (exact) mass is 400 g/mol. The average molecular weight is 400 g/mol. The first-order valence-electron chi connectivity index (χ1n) is 10.00. The molecule has 4 heterocycles. The maximum absolute atomic E-state index is 13.6. The van der Waals surface area contributed by atoms with Crippen LogP contribution in [0.2, 0.25) is 0 Å². The van der Waals surface area contributed by atoms with Crippen LogP contribution in [-0.4, -0.2) is 31.1 Å². The Hall–Kier alpha value is -3.63. The Morgan fingerprint density at radius 3 is 2.60 bits per heavy atom. The molecule has 30 heavy (non-hydrogen) atoms. The number of hydrogen-bond donors (Lipinski definition) is 1. The smallest absolute Gasteiger partial charge is 0.245 e. The van der Waals surface area contributed by atoms with E-state index in [2.05, 4.69) is 6.07 Å². The van der Waals surface area contributed by atoms with E-state index in [1.165, 1.54) is 4.90 Å². The summed E-state index contributed by atoms with van der Waals surface area (Å²) in [5.74, 6) is -0.705. The highest BCUT2D eigenvalue weighted by molar-refractivity contribution is 6.23. The van der Waals surface area contributed by atoms with Crippen LogP contribution in [0.3, 0.4) is 0 Å². The van der Waals surface area contributed by atoms with Crippen molar-refractivity contribution >= 4 is 23.6 Å². The number of amides is 2. The van der Waals surface area contributed by atoms with Crippen molar-refractivity contribution in [1.82, 2.24) is 0 Å². The number of ether oxygens (including phenoxy) is 2. The lowest BCUT2D eigenvalue weighted by Crippen LogP contribution is -3.10. The van der Waals surface area contributed by atoms with Gasteiger partial charge in [0.25, 0.3) is 0 Å². The zero-order valence-electron chi connectivity index (χ0n) is 15.9. The maximum Gasteiger partial charge on any atom is 0.245 e. The van der Waals surface area contributed by atoms with Crippen LogP contribution in [0, 0.1) is 23.2 Å². The fraction of sp³-hybridized carbons (Fsp3) is 0.261. The van der Waals surface area contributed by atoms with Gasteiger partial charge in [0.15, 0.2) is 17.5 Å². The number of anilines is 1. The van der Waals surface area contributed by atoms with Crippen LogP contribution in [0.5, 0.6) is 11.5 Å². The number of fused-ring (bicyclic) bond motifs is 6. The molecule has 0 bridgehead atoms. The van der Waals surface area contributed by atoms with Crippen molar-refractivity contribution in [2.75, 3.05) is 18.1 Å². The molecule has 2 aromatic carbocycles. The first kappa shape index (κ1) is 17.2. The molecule has 2 aromatic rings. The molecular formula is C23H18N3O4+. The molecule has 7 heteroatoms. The van der Waals surface area contributed by atoms with Gasteiger partial charge in [-0.25, -0.2) is 4.90 Å². The third kappa shape index (κ3) is 2.17. The molecule has 1 unspecified atom stereocenters. The molecule has 6 rings (SSSR count). The number of nitrogens with one attached hydrogen (secondary N) is 1. The summed E-state index contributed by atoms with van der Waals surface area (Å²) in [6.45, 7) is 0.888. The Balaban J connectivity index is 1.44. The van der Waals surface area contributed by atoms with E-state index in [4.69, 9.17) is 9.47 Å². The minimum atomic E-state index is -0.675. The van der Waals surface area contributed by atoms with Crippen LogP contribution in [0.4, 0.5) is 5.69 Å². The Bertz CT molecular complexity index is 1170. The highest BCUT2D eigenvalue weighted by atomic mass is 16.6. The number of carbonyl (C=O) groups is 2. The van der Waals surface area contributed by atoms with E-state index in [1.54, 1.807) is 18.2 Å². The number of nitrogens with zero attached hydrogens (tertiary/aromatic N) is 2. The van der Waals surface area contributed by atoms with Crippen molar-refractivity contribution in [2.24, 2.45) is 11.8 Å². The molecule has 7 nitrogen and oxygen atoms in total. The molecular weight excluding hydrogens is 382 g/mol. The number of hydrogen-bond acceptors (Lipinski definition) is 5. The molecule has 148 valence electrons. The van der Waals surface area contributed by atoms with Crippen molar-refractivity contribution in [1.29, 1.82) is 5.26 Å². The Morgan fingerprint density at radius 1 is 1.00 bits per heavy atom. The van der Waals surface area contributed by atoms with E-state index < -0.39 is 17.9 Å². The largest absolute Gasteiger partial charge is 0.486 e. The third-order valence-electron chi connectivity index (χ3n) is 6.54. The van der Waals surface area contributed by atoms with Crippen LogP contribution >= 0.6 is 0 Å². The van der Waals surface area contributed by atoms with Crippen LogP contribution in [0.1, 0.15) is 17.2 Å². The normalized spacial score (nSPS) is 30.5. The lowest BCUT2D eigenvalue weighted by atomic mass is 9.85. The van der Waals surface area contributed by atoms with Crippen molar-refractivity contribution in [3.8, 4) is 17.6 Å². The number of carbonyl (C=O) groups excluding carboxylic acids is 2. The van der Waals surface area contributed by atoms with Gasteiger partial charge in [-0.15, -0.1) is 0 Å². The van der Waals surface area contributed by atoms with E-state index in [9.17, 15) is 14.9 Å². The second kappa shape index (κ2) is 6.18. The fourth-order valence-corrected chi connectivity index (χ4v) is 5.31. The van der Waals surface area contributed by atoms with Crippen LogP contribution < -0.4 is 19.3 Å². The maximum atomic E-state index is 13.6. The lowest BCUT2D eigenvalue weighted by Gasteiger charge is -2.29. The van der Waals surface area contributed by atoms with Crippen molar-refractivity contribution in [2.45, 2.75) is 12.1 Å². The number of rotatable bonds is 1. The summed E-state index contributed by atoms with van der Waals surface area (Å²) in [6, 6.07) is 14.4. The van der Waals surface area contributed by atoms with Gasteiger partial charge in [-0.1, -0.05) is 24.3 Å². The van der Waals surface area contributed by atoms with Gasteiger partial charge in [-0.3, -0.25) is 14.5 Å². The van der Waals surface area contributed by atoms with Crippen LogP contribution in [0.25, 0.3) is 6.08 Å². The van der Waals surface area contributed by atoms with Crippen molar-refractivity contribution in [3.05, 3.63) is 59.8 Å². The summed E-state index contributed by atoms with van der Waals surface area (Å²) in [5.41, 5.74) is 2.50. The van der Waals surface area contributed by atoms with E-state index in [1.807, 2.05) is 36.5 Å². The zero-order valence-corrected chi connectivity index (χ0v) is 15.9. The van der Waals surface area contributed by atoms with Gasteiger partial charge in [0.05, 0.1) is 11.9 Å². The topological polar surface area (TPSA) is 84.1 Å². The van der Waals surface area contributed by atoms with E-state index in [-0.39, 0.29) is 17.9 Å². The molecule has 0 radical (unpaired) electrons. The predicted octanol–water partition coefficient (Wildman–Crippen LogP) is 1.08. The van der Waals surface area contributed by atoms with E-state index in [0.717, 1.165) is 16.0 Å². The highest BCUT2D eigenvalue weighted by Gasteiger charge is 2.66. The quantitative estimate of drug-likeness (QED) is 0.725. The number of nitriles is 1. The summed E-state index contributed by atoms with van der Waals surface area (Å²) >= 11 is 0. The van der Waals surface area contributed by atoms with Gasteiger partial charge < -0.3 is 9.47 Å². The number of imide groups is 1. The fourth-order valence-electron chi connectivity index (χ4n) is 5.31. The zero-order chi connectivity index (χ0) is 20.4. The van der Waals surface area contributed by atoms with Gasteiger partial charge >= 0.3 is 0 Å². The van der Waals surface area contributed by atoms with Crippen LogP contribution in [-0.2, 0) is 9.59 Å². The lowest BCUT2D eigenvalue weighted by molar-refractivity contribution is -0.885. The summed E-state index contributed by atoms with van der Waals surface area (Å²) in [7, 11) is 0. The second-order valence-corrected chi connectivity index (χ2v) is 7.94. The molecule has 0 aromatic heterocycles. The molecule has 2 fully saturated rings. The summed E-state index contributed by atoms with van der Waals surface area (Å²) in [6.07, 6.45) is 3.90. The van der Waals surface area contributed by atoms with E-state index >= 15 is 0 Å². The molecule has 0 saturated carbocycles. The van der Waals surface area contributed by atoms with Gasteiger partial charge in [0, 0.05) is 11.6 Å². The first-order valence-corrected chi connectivity index (χ1v) is 10.00. The first-order chi connectivity index (χ1) is 14.7. The standard InChI is InChI=1S/C23H17N3O4/c24-12-16-19-20(21-15-4-2-1-3-13(15)7-8-25(16)21)23(28)26(22(19)27)14-5-6-17-18(11-14)30-10-9-29-17/h1-8,11,16,19-21H,9-10H2/p+1/t16-,19-,20-,21+/m0/s1. The van der Waals surface area contributed by atoms with Gasteiger partial charge in [0.2, 0.25) is 11.8 Å². The van der Waals surface area contributed by atoms with Gasteiger partial charge in [0.1, 0.15) is 37.2 Å². The second-order valence-electron chi connectivity index (χ2n) is 7.94. The molecule has 2 saturated heterocycles. The predicted molar refractivity (Wildman–Crippen MR) is 105 cm³/mol. The Kier molecular flexibility index (Phi) is 3.55.